The number of carbonyl (C=O) groups is 3. The molecule has 0 aliphatic carbocycles. The summed E-state index contributed by atoms with van der Waals surface area (Å²) >= 11 is 0. The van der Waals surface area contributed by atoms with Crippen molar-refractivity contribution in [2.24, 2.45) is 11.8 Å². The molecule has 0 amide bonds. The molecule has 0 aliphatic heterocycles. The van der Waals surface area contributed by atoms with Gasteiger partial charge >= 0.3 is 17.9 Å². The number of unbranched alkanes of at least 4 members (excludes halogenated alkanes) is 35. The van der Waals surface area contributed by atoms with Crippen LogP contribution in [0.1, 0.15) is 311 Å². The van der Waals surface area contributed by atoms with Crippen LogP contribution in [0, 0.1) is 11.8 Å². The van der Waals surface area contributed by atoms with Crippen molar-refractivity contribution in [2.75, 3.05) is 13.2 Å². The van der Waals surface area contributed by atoms with Gasteiger partial charge in [-0.3, -0.25) is 14.4 Å². The third-order valence-corrected chi connectivity index (χ3v) is 12.7. The summed E-state index contributed by atoms with van der Waals surface area (Å²) in [5.41, 5.74) is 0. The van der Waals surface area contributed by atoms with E-state index in [1.54, 1.807) is 0 Å². The largest absolute Gasteiger partial charge is 0.462 e. The van der Waals surface area contributed by atoms with Gasteiger partial charge in [0.15, 0.2) is 6.10 Å². The maximum Gasteiger partial charge on any atom is 0.306 e. The maximum atomic E-state index is 12.8. The van der Waals surface area contributed by atoms with E-state index in [2.05, 4.69) is 34.6 Å². The molecular weight excluding hydrogens is 769 g/mol. The summed E-state index contributed by atoms with van der Waals surface area (Å²) in [6.07, 6.45) is 50.9. The van der Waals surface area contributed by atoms with Gasteiger partial charge in [0.1, 0.15) is 13.2 Å². The van der Waals surface area contributed by atoms with E-state index in [9.17, 15) is 14.4 Å². The number of carbonyl (C=O) groups excluding carboxylic acids is 3. The Hall–Kier alpha value is -1.59. The first-order valence-corrected chi connectivity index (χ1v) is 27.7. The molecule has 0 spiro atoms. The van der Waals surface area contributed by atoms with Crippen molar-refractivity contribution in [1.29, 1.82) is 0 Å². The highest BCUT2D eigenvalue weighted by Gasteiger charge is 2.19. The van der Waals surface area contributed by atoms with Crippen LogP contribution in [0.15, 0.2) is 0 Å². The molecule has 0 aromatic rings. The zero-order valence-corrected chi connectivity index (χ0v) is 42.5. The van der Waals surface area contributed by atoms with E-state index in [4.69, 9.17) is 14.2 Å². The molecule has 0 aliphatic rings. The van der Waals surface area contributed by atoms with E-state index in [-0.39, 0.29) is 31.1 Å². The van der Waals surface area contributed by atoms with Crippen molar-refractivity contribution < 1.29 is 28.6 Å². The van der Waals surface area contributed by atoms with Crippen LogP contribution >= 0.6 is 0 Å². The molecule has 0 fully saturated rings. The predicted octanol–water partition coefficient (Wildman–Crippen LogP) is 18.1. The summed E-state index contributed by atoms with van der Waals surface area (Å²) in [7, 11) is 0. The molecule has 0 saturated carbocycles. The van der Waals surface area contributed by atoms with Crippen LogP contribution in [0.4, 0.5) is 0 Å². The summed E-state index contributed by atoms with van der Waals surface area (Å²) in [4.78, 5) is 38.1. The SMILES string of the molecule is CCCCCCCCCCCCCCCC(=O)OC[C@@H](COC(=O)CCCCCCCCCCCCCCCC(C)C)OC(=O)CCCCCCCCCCCCCCC(C)C. The second-order valence-electron chi connectivity index (χ2n) is 20.2. The molecule has 0 unspecified atom stereocenters. The lowest BCUT2D eigenvalue weighted by atomic mass is 10.0. The standard InChI is InChI=1S/C56H108O6/c1-6-7-8-9-10-11-12-14-21-26-31-36-41-46-54(57)60-49-53(62-56(59)48-43-38-33-28-23-18-17-20-25-30-35-40-45-52(4)5)50-61-55(58)47-42-37-32-27-22-16-13-15-19-24-29-34-39-44-51(2)3/h51-53H,6-50H2,1-5H3/t53-/m0/s1. The average Bonchev–Trinajstić information content (AvgIpc) is 3.24. The Morgan fingerprint density at radius 1 is 0.306 bits per heavy atom. The molecule has 0 heterocycles. The lowest BCUT2D eigenvalue weighted by Crippen LogP contribution is -2.30. The van der Waals surface area contributed by atoms with Gasteiger partial charge in [0, 0.05) is 19.3 Å². The van der Waals surface area contributed by atoms with Crippen LogP contribution < -0.4 is 0 Å². The van der Waals surface area contributed by atoms with Crippen molar-refractivity contribution in [2.45, 2.75) is 317 Å². The molecule has 0 radical (unpaired) electrons. The first-order valence-electron chi connectivity index (χ1n) is 27.7. The molecule has 62 heavy (non-hydrogen) atoms. The van der Waals surface area contributed by atoms with Gasteiger partial charge in [-0.2, -0.15) is 0 Å². The monoisotopic (exact) mass is 877 g/mol. The molecule has 0 aromatic heterocycles. The second kappa shape index (κ2) is 48.9. The highest BCUT2D eigenvalue weighted by molar-refractivity contribution is 5.71. The summed E-state index contributed by atoms with van der Waals surface area (Å²) in [6.45, 7) is 11.4. The van der Waals surface area contributed by atoms with Crippen LogP contribution in [0.25, 0.3) is 0 Å². The van der Waals surface area contributed by atoms with Gasteiger partial charge in [-0.05, 0) is 31.1 Å². The van der Waals surface area contributed by atoms with Crippen molar-refractivity contribution in [3.8, 4) is 0 Å². The number of esters is 3. The Labute approximate surface area is 387 Å². The number of rotatable bonds is 50. The topological polar surface area (TPSA) is 78.9 Å². The fourth-order valence-corrected chi connectivity index (χ4v) is 8.52. The van der Waals surface area contributed by atoms with Crippen LogP contribution in [-0.4, -0.2) is 37.2 Å². The summed E-state index contributed by atoms with van der Waals surface area (Å²) in [6, 6.07) is 0. The average molecular weight is 877 g/mol. The Bertz CT molecular complexity index is 947. The van der Waals surface area contributed by atoms with Crippen LogP contribution in [0.2, 0.25) is 0 Å². The van der Waals surface area contributed by atoms with Gasteiger partial charge < -0.3 is 14.2 Å². The van der Waals surface area contributed by atoms with Crippen LogP contribution in [-0.2, 0) is 28.6 Å². The van der Waals surface area contributed by atoms with Gasteiger partial charge in [0.05, 0.1) is 0 Å². The zero-order valence-electron chi connectivity index (χ0n) is 42.5. The predicted molar refractivity (Wildman–Crippen MR) is 266 cm³/mol. The Morgan fingerprint density at radius 2 is 0.532 bits per heavy atom. The van der Waals surface area contributed by atoms with E-state index >= 15 is 0 Å². The molecule has 0 aromatic carbocycles. The molecule has 368 valence electrons. The quantitative estimate of drug-likeness (QED) is 0.0344. The molecule has 1 atom stereocenters. The van der Waals surface area contributed by atoms with Gasteiger partial charge in [-0.15, -0.1) is 0 Å². The molecule has 6 heteroatoms. The fourth-order valence-electron chi connectivity index (χ4n) is 8.52. The minimum Gasteiger partial charge on any atom is -0.462 e. The van der Waals surface area contributed by atoms with E-state index < -0.39 is 6.10 Å². The van der Waals surface area contributed by atoms with Gasteiger partial charge in [-0.25, -0.2) is 0 Å². The van der Waals surface area contributed by atoms with E-state index in [0.717, 1.165) is 69.6 Å². The third kappa shape index (κ3) is 49.4. The second-order valence-corrected chi connectivity index (χ2v) is 20.2. The highest BCUT2D eigenvalue weighted by Crippen LogP contribution is 2.18. The van der Waals surface area contributed by atoms with Gasteiger partial charge in [0.2, 0.25) is 0 Å². The van der Waals surface area contributed by atoms with Crippen molar-refractivity contribution in [3.63, 3.8) is 0 Å². The van der Waals surface area contributed by atoms with Gasteiger partial charge in [-0.1, -0.05) is 272 Å². The summed E-state index contributed by atoms with van der Waals surface area (Å²) in [5, 5.41) is 0. The first kappa shape index (κ1) is 60.4. The Kier molecular flexibility index (Phi) is 47.6. The van der Waals surface area contributed by atoms with Crippen molar-refractivity contribution in [3.05, 3.63) is 0 Å². The Morgan fingerprint density at radius 3 is 0.790 bits per heavy atom. The molecular formula is C56H108O6. The summed E-state index contributed by atoms with van der Waals surface area (Å²) < 4.78 is 16.9. The molecule has 0 rings (SSSR count). The summed E-state index contributed by atoms with van der Waals surface area (Å²) in [5.74, 6) is 0.830. The minimum absolute atomic E-state index is 0.0630. The van der Waals surface area contributed by atoms with E-state index in [1.807, 2.05) is 0 Å². The Balaban J connectivity index is 4.31. The highest BCUT2D eigenvalue weighted by atomic mass is 16.6. The zero-order chi connectivity index (χ0) is 45.4. The van der Waals surface area contributed by atoms with Crippen LogP contribution in [0.5, 0.6) is 0 Å². The van der Waals surface area contributed by atoms with E-state index in [0.29, 0.717) is 19.3 Å². The molecule has 0 N–H and O–H groups in total. The number of hydrogen-bond donors (Lipinski definition) is 0. The smallest absolute Gasteiger partial charge is 0.306 e. The third-order valence-electron chi connectivity index (χ3n) is 12.7. The van der Waals surface area contributed by atoms with Crippen molar-refractivity contribution >= 4 is 17.9 Å². The van der Waals surface area contributed by atoms with Crippen molar-refractivity contribution in [1.82, 2.24) is 0 Å². The van der Waals surface area contributed by atoms with E-state index in [1.165, 1.54) is 199 Å². The number of ether oxygens (including phenoxy) is 3. The minimum atomic E-state index is -0.762. The van der Waals surface area contributed by atoms with Gasteiger partial charge in [0.25, 0.3) is 0 Å². The fraction of sp³-hybridized carbons (Fsp3) is 0.946. The lowest BCUT2D eigenvalue weighted by Gasteiger charge is -2.18. The maximum absolute atomic E-state index is 12.8. The number of hydrogen-bond acceptors (Lipinski definition) is 6. The molecule has 0 bridgehead atoms. The molecule has 6 nitrogen and oxygen atoms in total. The lowest BCUT2D eigenvalue weighted by molar-refractivity contribution is -0.167. The molecule has 0 saturated heterocycles. The van der Waals surface area contributed by atoms with Crippen LogP contribution in [0.3, 0.4) is 0 Å². The first-order chi connectivity index (χ1) is 30.2. The normalized spacial score (nSPS) is 12.0.